The maximum atomic E-state index is 4.55. The molecule has 3 nitrogen and oxygen atoms in total. The van der Waals surface area contributed by atoms with Crippen LogP contribution in [0.15, 0.2) is 22.8 Å². The smallest absolute Gasteiger partial charge is 0.138 e. The summed E-state index contributed by atoms with van der Waals surface area (Å²) in [5, 5.41) is 7.43. The second-order valence-corrected chi connectivity index (χ2v) is 2.91. The molecule has 13 heavy (non-hydrogen) atoms. The summed E-state index contributed by atoms with van der Waals surface area (Å²) in [5.41, 5.74) is 2.77. The fraction of sp³-hybridized carbons (Fsp3) is 0.400. The van der Waals surface area contributed by atoms with E-state index >= 15 is 0 Å². The highest BCUT2D eigenvalue weighted by Gasteiger charge is 1.99. The first-order valence-corrected chi connectivity index (χ1v) is 4.47. The van der Waals surface area contributed by atoms with E-state index in [1.54, 1.807) is 0 Å². The van der Waals surface area contributed by atoms with E-state index in [4.69, 9.17) is 0 Å². The van der Waals surface area contributed by atoms with Gasteiger partial charge in [-0.15, -0.1) is 0 Å². The second kappa shape index (κ2) is 4.60. The SMILES string of the molecule is CCC.Cc1cccc2nonc12. The van der Waals surface area contributed by atoms with Crippen LogP contribution < -0.4 is 0 Å². The Balaban J connectivity index is 0.000000251. The monoisotopic (exact) mass is 178 g/mol. The average molecular weight is 178 g/mol. The van der Waals surface area contributed by atoms with Gasteiger partial charge in [0.1, 0.15) is 11.0 Å². The van der Waals surface area contributed by atoms with Crippen molar-refractivity contribution in [1.82, 2.24) is 10.3 Å². The van der Waals surface area contributed by atoms with Gasteiger partial charge in [-0.25, -0.2) is 4.63 Å². The lowest BCUT2D eigenvalue weighted by atomic mass is 10.2. The first-order valence-electron chi connectivity index (χ1n) is 4.47. The number of hydrogen-bond donors (Lipinski definition) is 0. The molecule has 0 fully saturated rings. The Hall–Kier alpha value is -1.38. The first kappa shape index (κ1) is 9.71. The molecule has 0 radical (unpaired) electrons. The molecule has 0 aliphatic heterocycles. The van der Waals surface area contributed by atoms with Crippen molar-refractivity contribution in [1.29, 1.82) is 0 Å². The van der Waals surface area contributed by atoms with Crippen molar-refractivity contribution in [3.05, 3.63) is 23.8 Å². The number of aromatic nitrogens is 2. The van der Waals surface area contributed by atoms with Gasteiger partial charge in [-0.2, -0.15) is 0 Å². The largest absolute Gasteiger partial charge is 0.243 e. The number of nitrogens with zero attached hydrogens (tertiary/aromatic N) is 2. The van der Waals surface area contributed by atoms with E-state index in [2.05, 4.69) is 28.8 Å². The molecule has 2 aromatic rings. The summed E-state index contributed by atoms with van der Waals surface area (Å²) in [7, 11) is 0. The minimum absolute atomic E-state index is 0.819. The van der Waals surface area contributed by atoms with Crippen LogP contribution in [-0.2, 0) is 0 Å². The third kappa shape index (κ3) is 2.28. The molecule has 0 saturated heterocycles. The van der Waals surface area contributed by atoms with E-state index in [0.29, 0.717) is 0 Å². The molecule has 0 unspecified atom stereocenters. The molecule has 0 aliphatic rings. The quantitative estimate of drug-likeness (QED) is 0.622. The van der Waals surface area contributed by atoms with Gasteiger partial charge in [0, 0.05) is 0 Å². The predicted octanol–water partition coefficient (Wildman–Crippen LogP) is 2.95. The van der Waals surface area contributed by atoms with Gasteiger partial charge in [0.05, 0.1) is 0 Å². The molecular formula is C10H14N2O. The summed E-state index contributed by atoms with van der Waals surface area (Å²) in [4.78, 5) is 0. The number of benzene rings is 1. The molecule has 0 spiro atoms. The minimum atomic E-state index is 0.819. The van der Waals surface area contributed by atoms with Crippen LogP contribution in [0.2, 0.25) is 0 Å². The van der Waals surface area contributed by atoms with Crippen molar-refractivity contribution in [2.24, 2.45) is 0 Å². The highest BCUT2D eigenvalue weighted by Crippen LogP contribution is 2.11. The van der Waals surface area contributed by atoms with Crippen LogP contribution in [0.1, 0.15) is 25.8 Å². The summed E-state index contributed by atoms with van der Waals surface area (Å²) in [6, 6.07) is 5.78. The van der Waals surface area contributed by atoms with E-state index in [1.807, 2.05) is 25.1 Å². The van der Waals surface area contributed by atoms with Crippen LogP contribution in [0.25, 0.3) is 11.0 Å². The molecule has 2 rings (SSSR count). The highest BCUT2D eigenvalue weighted by atomic mass is 16.6. The zero-order valence-electron chi connectivity index (χ0n) is 8.24. The van der Waals surface area contributed by atoms with Crippen LogP contribution in [0.5, 0.6) is 0 Å². The van der Waals surface area contributed by atoms with E-state index in [1.165, 1.54) is 6.42 Å². The number of fused-ring (bicyclic) bond motifs is 1. The van der Waals surface area contributed by atoms with E-state index in [9.17, 15) is 0 Å². The highest BCUT2D eigenvalue weighted by molar-refractivity contribution is 5.76. The molecule has 3 heteroatoms. The van der Waals surface area contributed by atoms with Gasteiger partial charge in [0.15, 0.2) is 0 Å². The molecule has 0 amide bonds. The Kier molecular flexibility index (Phi) is 3.43. The van der Waals surface area contributed by atoms with E-state index < -0.39 is 0 Å². The Morgan fingerprint density at radius 3 is 2.54 bits per heavy atom. The summed E-state index contributed by atoms with van der Waals surface area (Å²) < 4.78 is 4.55. The molecule has 1 aromatic heterocycles. The Bertz CT molecular complexity index is 368. The first-order chi connectivity index (χ1) is 6.29. The topological polar surface area (TPSA) is 38.9 Å². The molecule has 0 N–H and O–H groups in total. The summed E-state index contributed by atoms with van der Waals surface area (Å²) >= 11 is 0. The van der Waals surface area contributed by atoms with Gasteiger partial charge in [-0.05, 0) is 28.9 Å². The molecule has 0 bridgehead atoms. The fourth-order valence-corrected chi connectivity index (χ4v) is 0.941. The Morgan fingerprint density at radius 1 is 1.23 bits per heavy atom. The van der Waals surface area contributed by atoms with Crippen molar-refractivity contribution >= 4 is 11.0 Å². The summed E-state index contributed by atoms with van der Waals surface area (Å²) in [5.74, 6) is 0. The average Bonchev–Trinajstić information content (AvgIpc) is 2.54. The molecule has 1 heterocycles. The normalized spacial score (nSPS) is 9.46. The third-order valence-electron chi connectivity index (χ3n) is 1.49. The Morgan fingerprint density at radius 2 is 1.92 bits per heavy atom. The zero-order valence-corrected chi connectivity index (χ0v) is 8.24. The number of aryl methyl sites for hydroxylation is 1. The fourth-order valence-electron chi connectivity index (χ4n) is 0.941. The van der Waals surface area contributed by atoms with Gasteiger partial charge in [0.2, 0.25) is 0 Å². The predicted molar refractivity (Wildman–Crippen MR) is 52.5 cm³/mol. The molecule has 70 valence electrons. The lowest BCUT2D eigenvalue weighted by Gasteiger charge is -1.86. The molecule has 1 aromatic carbocycles. The van der Waals surface area contributed by atoms with Gasteiger partial charge in [-0.3, -0.25) is 0 Å². The lowest BCUT2D eigenvalue weighted by molar-refractivity contribution is 0.315. The van der Waals surface area contributed by atoms with Gasteiger partial charge in [0.25, 0.3) is 0 Å². The van der Waals surface area contributed by atoms with Crippen LogP contribution in [-0.4, -0.2) is 10.3 Å². The van der Waals surface area contributed by atoms with Crippen LogP contribution in [0.4, 0.5) is 0 Å². The Labute approximate surface area is 77.7 Å². The van der Waals surface area contributed by atoms with Gasteiger partial charge >= 0.3 is 0 Å². The number of hydrogen-bond acceptors (Lipinski definition) is 3. The van der Waals surface area contributed by atoms with Gasteiger partial charge < -0.3 is 0 Å². The number of rotatable bonds is 0. The minimum Gasteiger partial charge on any atom is -0.243 e. The standard InChI is InChI=1S/C7H6N2O.C3H8/c1-5-3-2-4-6-7(5)9-10-8-6;1-3-2/h2-4H,1H3;3H2,1-2H3. The van der Waals surface area contributed by atoms with Crippen molar-refractivity contribution < 1.29 is 4.63 Å². The lowest BCUT2D eigenvalue weighted by Crippen LogP contribution is -1.73. The van der Waals surface area contributed by atoms with Crippen molar-refractivity contribution in [3.63, 3.8) is 0 Å². The third-order valence-corrected chi connectivity index (χ3v) is 1.49. The summed E-state index contributed by atoms with van der Waals surface area (Å²) in [6.45, 7) is 6.23. The maximum absolute atomic E-state index is 4.55. The molecule has 0 atom stereocenters. The molecule has 0 saturated carbocycles. The zero-order chi connectivity index (χ0) is 9.68. The second-order valence-electron chi connectivity index (χ2n) is 2.91. The summed E-state index contributed by atoms with van der Waals surface area (Å²) in [6.07, 6.45) is 1.25. The van der Waals surface area contributed by atoms with E-state index in [-0.39, 0.29) is 0 Å². The molecular weight excluding hydrogens is 164 g/mol. The van der Waals surface area contributed by atoms with Crippen molar-refractivity contribution in [3.8, 4) is 0 Å². The van der Waals surface area contributed by atoms with Crippen molar-refractivity contribution in [2.75, 3.05) is 0 Å². The van der Waals surface area contributed by atoms with Gasteiger partial charge in [-0.1, -0.05) is 32.4 Å². The van der Waals surface area contributed by atoms with Crippen molar-refractivity contribution in [2.45, 2.75) is 27.2 Å². The van der Waals surface area contributed by atoms with E-state index in [0.717, 1.165) is 16.6 Å². The van der Waals surface area contributed by atoms with Crippen LogP contribution in [0, 0.1) is 6.92 Å². The van der Waals surface area contributed by atoms with Crippen LogP contribution >= 0.6 is 0 Å². The van der Waals surface area contributed by atoms with Crippen LogP contribution in [0.3, 0.4) is 0 Å². The molecule has 0 aliphatic carbocycles. The maximum Gasteiger partial charge on any atom is 0.138 e.